The minimum atomic E-state index is -2.29. The summed E-state index contributed by atoms with van der Waals surface area (Å²) in [6.07, 6.45) is 2.64. The van der Waals surface area contributed by atoms with Crippen molar-refractivity contribution in [3.05, 3.63) is 33.3 Å². The Bertz CT molecular complexity index is 1300. The van der Waals surface area contributed by atoms with E-state index in [4.69, 9.17) is 48.7 Å². The molecule has 0 amide bonds. The van der Waals surface area contributed by atoms with Gasteiger partial charge in [0.25, 0.3) is 0 Å². The van der Waals surface area contributed by atoms with E-state index in [1.54, 1.807) is 32.1 Å². The number of halogens is 3. The Labute approximate surface area is 319 Å². The number of aliphatic hydroxyl groups excluding tert-OH is 1. The number of carboxylic acids is 1. The number of ketones is 1. The lowest BCUT2D eigenvalue weighted by molar-refractivity contribution is -0.147. The summed E-state index contributed by atoms with van der Waals surface area (Å²) in [6, 6.07) is 2.38. The molecule has 0 spiro atoms. The SMILES string of the molecule is CC[Si](CC)(CC)O[C@H](CC(=O)O)C(C)(C)C(=O)[C@H](C)[C@@H](OC(=O)OCC(Cl)(Cl)Cl)[C@@H](C)CCCC(C)=CCC(O)C(C)=Cc1csc(C)n1. The third-order valence-electron chi connectivity index (χ3n) is 9.64. The maximum atomic E-state index is 14.3. The van der Waals surface area contributed by atoms with Crippen LogP contribution in [-0.2, 0) is 23.5 Å². The fraction of sp³-hybridized carbons (Fsp3) is 0.722. The molecule has 14 heteroatoms. The molecule has 0 aromatic carbocycles. The number of carboxylic acid groups (broad SMARTS) is 1. The maximum Gasteiger partial charge on any atom is 0.508 e. The van der Waals surface area contributed by atoms with Gasteiger partial charge in [0.2, 0.25) is 3.79 Å². The molecule has 0 aliphatic carbocycles. The van der Waals surface area contributed by atoms with Crippen molar-refractivity contribution in [1.29, 1.82) is 0 Å². The molecule has 1 aromatic rings. The van der Waals surface area contributed by atoms with Crippen molar-refractivity contribution >= 4 is 78.4 Å². The molecule has 0 fully saturated rings. The highest BCUT2D eigenvalue weighted by molar-refractivity contribution is 7.09. The molecule has 1 unspecified atom stereocenters. The van der Waals surface area contributed by atoms with Gasteiger partial charge in [0, 0.05) is 10.8 Å². The summed E-state index contributed by atoms with van der Waals surface area (Å²) in [5, 5.41) is 23.4. The molecule has 50 heavy (non-hydrogen) atoms. The Morgan fingerprint density at radius 2 is 1.68 bits per heavy atom. The molecule has 0 aliphatic heterocycles. The number of carbonyl (C=O) groups is 3. The predicted octanol–water partition coefficient (Wildman–Crippen LogP) is 10.3. The van der Waals surface area contributed by atoms with Gasteiger partial charge in [-0.1, -0.05) is 94.9 Å². The number of aliphatic carboxylic acids is 1. The Morgan fingerprint density at radius 1 is 1.08 bits per heavy atom. The highest BCUT2D eigenvalue weighted by Crippen LogP contribution is 2.38. The molecule has 286 valence electrons. The number of aryl methyl sites for hydroxylation is 1. The quantitative estimate of drug-likeness (QED) is 0.0509. The van der Waals surface area contributed by atoms with E-state index in [-0.39, 0.29) is 18.1 Å². The molecular formula is C36H58Cl3NO8SSi. The average Bonchev–Trinajstić information content (AvgIpc) is 3.45. The van der Waals surface area contributed by atoms with Crippen molar-refractivity contribution < 1.29 is 38.5 Å². The Hall–Kier alpha value is -1.47. The molecule has 0 aliphatic rings. The average molecular weight is 799 g/mol. The molecule has 1 aromatic heterocycles. The number of aliphatic hydroxyl groups is 1. The highest BCUT2D eigenvalue weighted by Gasteiger charge is 2.47. The van der Waals surface area contributed by atoms with Crippen molar-refractivity contribution in [2.75, 3.05) is 6.61 Å². The van der Waals surface area contributed by atoms with Gasteiger partial charge in [0.05, 0.1) is 35.2 Å². The van der Waals surface area contributed by atoms with E-state index in [0.717, 1.165) is 52.8 Å². The van der Waals surface area contributed by atoms with E-state index >= 15 is 0 Å². The predicted molar refractivity (Wildman–Crippen MR) is 207 cm³/mol. The number of allylic oxidation sites excluding steroid dienone is 1. The summed E-state index contributed by atoms with van der Waals surface area (Å²) in [4.78, 5) is 43.5. The number of ether oxygens (including phenoxy) is 2. The van der Waals surface area contributed by atoms with Crippen LogP contribution in [0.2, 0.25) is 18.1 Å². The first-order chi connectivity index (χ1) is 23.1. The number of alkyl halides is 3. The van der Waals surface area contributed by atoms with Gasteiger partial charge >= 0.3 is 12.1 Å². The minimum absolute atomic E-state index is 0.276. The first kappa shape index (κ1) is 46.5. The zero-order chi connectivity index (χ0) is 38.4. The Kier molecular flexibility index (Phi) is 19.8. The number of aromatic nitrogens is 1. The normalized spacial score (nSPS) is 16.4. The van der Waals surface area contributed by atoms with Gasteiger partial charge in [-0.15, -0.1) is 11.3 Å². The smallest absolute Gasteiger partial charge is 0.481 e. The largest absolute Gasteiger partial charge is 0.508 e. The van der Waals surface area contributed by atoms with Crippen LogP contribution in [0.4, 0.5) is 4.79 Å². The van der Waals surface area contributed by atoms with Crippen LogP contribution in [0.5, 0.6) is 0 Å². The summed E-state index contributed by atoms with van der Waals surface area (Å²) < 4.78 is 15.6. The van der Waals surface area contributed by atoms with Crippen LogP contribution in [0.25, 0.3) is 6.08 Å². The Balaban J connectivity index is 3.16. The molecule has 0 saturated carbocycles. The van der Waals surface area contributed by atoms with Gasteiger partial charge < -0.3 is 24.1 Å². The first-order valence-electron chi connectivity index (χ1n) is 17.4. The van der Waals surface area contributed by atoms with Crippen molar-refractivity contribution in [2.24, 2.45) is 17.3 Å². The number of nitrogens with zero attached hydrogens (tertiary/aromatic N) is 1. The first-order valence-corrected chi connectivity index (χ1v) is 21.9. The highest BCUT2D eigenvalue weighted by atomic mass is 35.6. The molecule has 2 N–H and O–H groups in total. The van der Waals surface area contributed by atoms with Crippen molar-refractivity contribution in [1.82, 2.24) is 4.98 Å². The van der Waals surface area contributed by atoms with Crippen molar-refractivity contribution in [3.63, 3.8) is 0 Å². The van der Waals surface area contributed by atoms with Crippen LogP contribution in [0.3, 0.4) is 0 Å². The standard InChI is InChI=1S/C36H58Cl3NO8SSi/c1-11-50(12-2,13-3)48-30(20-31(42)43)35(9,10)33(44)26(7)32(47-34(45)46-22-36(37,38)39)24(5)16-14-15-23(4)17-18-29(41)25(6)19-28-21-49-27(8)40-28/h17,19,21,24,26,29-30,32,41H,11-16,18,20,22H2,1-10H3,(H,42,43)/t24-,26+,29?,30+,32-/m0/s1. The Morgan fingerprint density at radius 3 is 2.18 bits per heavy atom. The van der Waals surface area contributed by atoms with E-state index in [1.807, 2.05) is 66.0 Å². The number of carbonyl (C=O) groups excluding carboxylic acids is 2. The van der Waals surface area contributed by atoms with Gasteiger partial charge in [0.1, 0.15) is 18.5 Å². The minimum Gasteiger partial charge on any atom is -0.481 e. The second-order valence-corrected chi connectivity index (χ2v) is 22.2. The summed E-state index contributed by atoms with van der Waals surface area (Å²) in [6.45, 7) is 18.4. The molecule has 1 heterocycles. The summed E-state index contributed by atoms with van der Waals surface area (Å²) >= 11 is 18.9. The number of hydrogen-bond acceptors (Lipinski definition) is 9. The van der Waals surface area contributed by atoms with Gasteiger partial charge in [-0.25, -0.2) is 9.78 Å². The lowest BCUT2D eigenvalue weighted by Gasteiger charge is -2.42. The van der Waals surface area contributed by atoms with Crippen molar-refractivity contribution in [3.8, 4) is 0 Å². The lowest BCUT2D eigenvalue weighted by Crippen LogP contribution is -2.51. The van der Waals surface area contributed by atoms with Crippen LogP contribution < -0.4 is 0 Å². The third kappa shape index (κ3) is 15.6. The number of thiazole rings is 1. The van der Waals surface area contributed by atoms with Gasteiger partial charge in [-0.2, -0.15) is 0 Å². The van der Waals surface area contributed by atoms with Gasteiger partial charge in [0.15, 0.2) is 8.32 Å². The van der Waals surface area contributed by atoms with E-state index in [0.29, 0.717) is 12.8 Å². The summed E-state index contributed by atoms with van der Waals surface area (Å²) in [7, 11) is -2.29. The van der Waals surface area contributed by atoms with Crippen molar-refractivity contribution in [2.45, 2.75) is 142 Å². The fourth-order valence-corrected chi connectivity index (χ4v) is 9.76. The topological polar surface area (TPSA) is 132 Å². The van der Waals surface area contributed by atoms with Crippen LogP contribution in [-0.4, -0.2) is 70.1 Å². The second kappa shape index (κ2) is 21.3. The van der Waals surface area contributed by atoms with E-state index in [2.05, 4.69) is 4.98 Å². The molecule has 0 radical (unpaired) electrons. The van der Waals surface area contributed by atoms with E-state index in [1.165, 1.54) is 0 Å². The fourth-order valence-electron chi connectivity index (χ4n) is 6.04. The van der Waals surface area contributed by atoms with E-state index < -0.39 is 60.5 Å². The third-order valence-corrected chi connectivity index (χ3v) is 15.4. The maximum absolute atomic E-state index is 14.3. The van der Waals surface area contributed by atoms with Crippen LogP contribution in [0.1, 0.15) is 105 Å². The molecule has 9 nitrogen and oxygen atoms in total. The number of Topliss-reactive ketones (excluding diaryl/α,β-unsaturated/α-hetero) is 1. The second-order valence-electron chi connectivity index (χ2n) is 13.9. The van der Waals surface area contributed by atoms with E-state index in [9.17, 15) is 24.6 Å². The summed E-state index contributed by atoms with van der Waals surface area (Å²) in [5.41, 5.74) is 1.57. The molecule has 0 saturated heterocycles. The lowest BCUT2D eigenvalue weighted by atomic mass is 9.73. The van der Waals surface area contributed by atoms with Crippen LogP contribution >= 0.6 is 46.1 Å². The monoisotopic (exact) mass is 797 g/mol. The molecule has 0 bridgehead atoms. The number of rotatable bonds is 22. The van der Waals surface area contributed by atoms with Gasteiger partial charge in [-0.3, -0.25) is 9.59 Å². The molecule has 1 rings (SSSR count). The number of hydrogen-bond donors (Lipinski definition) is 2. The van der Waals surface area contributed by atoms with Gasteiger partial charge in [-0.05, 0) is 82.2 Å². The van der Waals surface area contributed by atoms with Crippen LogP contribution in [0, 0.1) is 24.2 Å². The molecular weight excluding hydrogens is 741 g/mol. The summed E-state index contributed by atoms with van der Waals surface area (Å²) in [5.74, 6) is -2.45. The molecule has 5 atom stereocenters. The van der Waals surface area contributed by atoms with Crippen LogP contribution in [0.15, 0.2) is 22.6 Å². The zero-order valence-electron chi connectivity index (χ0n) is 31.3. The zero-order valence-corrected chi connectivity index (χ0v) is 35.4.